The van der Waals surface area contributed by atoms with Crippen LogP contribution in [0.3, 0.4) is 0 Å². The fourth-order valence-electron chi connectivity index (χ4n) is 2.90. The molecule has 1 aromatic rings. The van der Waals surface area contributed by atoms with Gasteiger partial charge in [-0.3, -0.25) is 4.90 Å². The maximum atomic E-state index is 9.29. The molecule has 0 spiro atoms. The van der Waals surface area contributed by atoms with Crippen LogP contribution in [0.15, 0.2) is 24.3 Å². The Kier molecular flexibility index (Phi) is 4.25. The largest absolute Gasteiger partial charge is 0.508 e. The molecule has 1 saturated heterocycles. The van der Waals surface area contributed by atoms with E-state index in [1.165, 1.54) is 5.56 Å². The second kappa shape index (κ2) is 5.72. The number of benzene rings is 1. The monoisotopic (exact) mass is 248 g/mol. The van der Waals surface area contributed by atoms with Gasteiger partial charge in [0.2, 0.25) is 0 Å². The molecule has 3 heteroatoms. The van der Waals surface area contributed by atoms with Gasteiger partial charge in [0, 0.05) is 31.7 Å². The first-order valence-corrected chi connectivity index (χ1v) is 6.78. The van der Waals surface area contributed by atoms with Crippen molar-refractivity contribution < 1.29 is 5.11 Å². The molecule has 2 unspecified atom stereocenters. The van der Waals surface area contributed by atoms with Crippen LogP contribution in [0, 0.1) is 0 Å². The second-order valence-corrected chi connectivity index (χ2v) is 5.57. The molecule has 1 heterocycles. The Morgan fingerprint density at radius 1 is 1.28 bits per heavy atom. The lowest BCUT2D eigenvalue weighted by Crippen LogP contribution is -2.54. The van der Waals surface area contributed by atoms with Gasteiger partial charge in [0.25, 0.3) is 0 Å². The molecule has 0 saturated carbocycles. The van der Waals surface area contributed by atoms with Crippen molar-refractivity contribution in [3.8, 4) is 5.75 Å². The summed E-state index contributed by atoms with van der Waals surface area (Å²) in [5, 5.41) is 9.29. The second-order valence-electron chi connectivity index (χ2n) is 5.57. The summed E-state index contributed by atoms with van der Waals surface area (Å²) >= 11 is 0. The van der Waals surface area contributed by atoms with E-state index in [1.807, 2.05) is 12.1 Å². The van der Waals surface area contributed by atoms with E-state index < -0.39 is 0 Å². The standard InChI is InChI=1S/C15H24N2O/c1-12(10-14-4-6-15(18)7-5-14)17-9-8-16(3)11-13(17)2/h4-7,12-13,18H,8-11H2,1-3H3. The zero-order valence-electron chi connectivity index (χ0n) is 11.6. The summed E-state index contributed by atoms with van der Waals surface area (Å²) in [4.78, 5) is 4.99. The predicted molar refractivity (Wildman–Crippen MR) is 74.9 cm³/mol. The third kappa shape index (κ3) is 3.24. The molecular weight excluding hydrogens is 224 g/mol. The molecule has 1 N–H and O–H groups in total. The van der Waals surface area contributed by atoms with Gasteiger partial charge >= 0.3 is 0 Å². The maximum Gasteiger partial charge on any atom is 0.115 e. The lowest BCUT2D eigenvalue weighted by Gasteiger charge is -2.41. The summed E-state index contributed by atoms with van der Waals surface area (Å²) in [6.07, 6.45) is 1.05. The molecule has 1 aliphatic heterocycles. The van der Waals surface area contributed by atoms with E-state index in [-0.39, 0.29) is 0 Å². The number of hydrogen-bond donors (Lipinski definition) is 1. The lowest BCUT2D eigenvalue weighted by molar-refractivity contribution is 0.0677. The fraction of sp³-hybridized carbons (Fsp3) is 0.600. The van der Waals surface area contributed by atoms with Crippen LogP contribution in [0.25, 0.3) is 0 Å². The van der Waals surface area contributed by atoms with E-state index in [9.17, 15) is 5.11 Å². The molecule has 1 aromatic carbocycles. The van der Waals surface area contributed by atoms with E-state index in [4.69, 9.17) is 0 Å². The molecule has 0 bridgehead atoms. The molecule has 0 aromatic heterocycles. The normalized spacial score (nSPS) is 24.1. The van der Waals surface area contributed by atoms with E-state index >= 15 is 0 Å². The van der Waals surface area contributed by atoms with Crippen LogP contribution >= 0.6 is 0 Å². The van der Waals surface area contributed by atoms with Crippen LogP contribution in [-0.4, -0.2) is 53.7 Å². The Bertz CT molecular complexity index is 377. The summed E-state index contributed by atoms with van der Waals surface area (Å²) in [6.45, 7) is 8.07. The summed E-state index contributed by atoms with van der Waals surface area (Å²) in [5.41, 5.74) is 1.30. The highest BCUT2D eigenvalue weighted by Gasteiger charge is 2.25. The van der Waals surface area contributed by atoms with Gasteiger partial charge in [0.1, 0.15) is 5.75 Å². The first kappa shape index (κ1) is 13.4. The Morgan fingerprint density at radius 2 is 1.94 bits per heavy atom. The number of nitrogens with zero attached hydrogens (tertiary/aromatic N) is 2. The van der Waals surface area contributed by atoms with Crippen molar-refractivity contribution in [2.24, 2.45) is 0 Å². The van der Waals surface area contributed by atoms with Gasteiger partial charge in [-0.1, -0.05) is 12.1 Å². The summed E-state index contributed by atoms with van der Waals surface area (Å²) in [7, 11) is 2.19. The molecular formula is C15H24N2O. The van der Waals surface area contributed by atoms with E-state index in [0.717, 1.165) is 26.1 Å². The molecule has 1 fully saturated rings. The smallest absolute Gasteiger partial charge is 0.115 e. The van der Waals surface area contributed by atoms with Crippen molar-refractivity contribution in [1.29, 1.82) is 0 Å². The summed E-state index contributed by atoms with van der Waals surface area (Å²) in [5.74, 6) is 0.347. The van der Waals surface area contributed by atoms with Crippen molar-refractivity contribution in [1.82, 2.24) is 9.80 Å². The molecule has 3 nitrogen and oxygen atoms in total. The first-order valence-electron chi connectivity index (χ1n) is 6.78. The maximum absolute atomic E-state index is 9.29. The summed E-state index contributed by atoms with van der Waals surface area (Å²) in [6, 6.07) is 8.76. The highest BCUT2D eigenvalue weighted by molar-refractivity contribution is 5.26. The van der Waals surface area contributed by atoms with E-state index in [1.54, 1.807) is 12.1 Å². The number of phenolic OH excluding ortho intramolecular Hbond substituents is 1. The Morgan fingerprint density at radius 3 is 2.56 bits per heavy atom. The minimum absolute atomic E-state index is 0.347. The first-order chi connectivity index (χ1) is 8.56. The number of hydrogen-bond acceptors (Lipinski definition) is 3. The number of phenols is 1. The molecule has 2 atom stereocenters. The quantitative estimate of drug-likeness (QED) is 0.886. The van der Waals surface area contributed by atoms with Crippen molar-refractivity contribution in [3.05, 3.63) is 29.8 Å². The molecule has 0 radical (unpaired) electrons. The van der Waals surface area contributed by atoms with Gasteiger partial charge < -0.3 is 10.0 Å². The minimum Gasteiger partial charge on any atom is -0.508 e. The number of rotatable bonds is 3. The zero-order valence-corrected chi connectivity index (χ0v) is 11.6. The average molecular weight is 248 g/mol. The van der Waals surface area contributed by atoms with Crippen molar-refractivity contribution in [2.45, 2.75) is 32.4 Å². The van der Waals surface area contributed by atoms with E-state index in [0.29, 0.717) is 17.8 Å². The molecule has 2 rings (SSSR count). The van der Waals surface area contributed by atoms with Crippen LogP contribution in [0.5, 0.6) is 5.75 Å². The highest BCUT2D eigenvalue weighted by Crippen LogP contribution is 2.17. The van der Waals surface area contributed by atoms with Gasteiger partial charge in [0.05, 0.1) is 0 Å². The van der Waals surface area contributed by atoms with Gasteiger partial charge in [-0.05, 0) is 45.0 Å². The van der Waals surface area contributed by atoms with Crippen LogP contribution in [0.1, 0.15) is 19.4 Å². The van der Waals surface area contributed by atoms with Crippen LogP contribution in [0.4, 0.5) is 0 Å². The van der Waals surface area contributed by atoms with Crippen LogP contribution in [-0.2, 0) is 6.42 Å². The minimum atomic E-state index is 0.347. The molecule has 0 aliphatic carbocycles. The summed E-state index contributed by atoms with van der Waals surface area (Å²) < 4.78 is 0. The zero-order chi connectivity index (χ0) is 13.1. The predicted octanol–water partition coefficient (Wildman–Crippen LogP) is 1.96. The van der Waals surface area contributed by atoms with Crippen LogP contribution in [0.2, 0.25) is 0 Å². The average Bonchev–Trinajstić information content (AvgIpc) is 2.32. The number of piperazine rings is 1. The van der Waals surface area contributed by atoms with Gasteiger partial charge in [-0.15, -0.1) is 0 Å². The molecule has 100 valence electrons. The topological polar surface area (TPSA) is 26.7 Å². The van der Waals surface area contributed by atoms with Gasteiger partial charge in [-0.25, -0.2) is 0 Å². The third-order valence-corrected chi connectivity index (χ3v) is 3.92. The SMILES string of the molecule is CC(Cc1ccc(O)cc1)N1CCN(C)CC1C. The van der Waals surface area contributed by atoms with Crippen LogP contribution < -0.4 is 0 Å². The fourth-order valence-corrected chi connectivity index (χ4v) is 2.90. The number of aromatic hydroxyl groups is 1. The highest BCUT2D eigenvalue weighted by atomic mass is 16.3. The van der Waals surface area contributed by atoms with Gasteiger partial charge in [-0.2, -0.15) is 0 Å². The lowest BCUT2D eigenvalue weighted by atomic mass is 10.0. The molecule has 0 amide bonds. The van der Waals surface area contributed by atoms with Gasteiger partial charge in [0.15, 0.2) is 0 Å². The molecule has 18 heavy (non-hydrogen) atoms. The Balaban J connectivity index is 1.95. The van der Waals surface area contributed by atoms with Crippen molar-refractivity contribution in [2.75, 3.05) is 26.7 Å². The van der Waals surface area contributed by atoms with E-state index in [2.05, 4.69) is 30.7 Å². The molecule has 1 aliphatic rings. The Labute approximate surface area is 110 Å². The Hall–Kier alpha value is -1.06. The number of likely N-dealkylation sites (N-methyl/N-ethyl adjacent to an activating group) is 1. The van der Waals surface area contributed by atoms with Crippen molar-refractivity contribution in [3.63, 3.8) is 0 Å². The van der Waals surface area contributed by atoms with Crippen molar-refractivity contribution >= 4 is 0 Å². The third-order valence-electron chi connectivity index (χ3n) is 3.92.